The van der Waals surface area contributed by atoms with Gasteiger partial charge in [-0.1, -0.05) is 19.1 Å². The number of ether oxygens (including phenoxy) is 2. The molecule has 0 aliphatic carbocycles. The number of fused-ring (bicyclic) bond motifs is 2. The largest absolute Gasteiger partial charge is 0.494 e. The Morgan fingerprint density at radius 2 is 1.85 bits per heavy atom. The van der Waals surface area contributed by atoms with Crippen molar-refractivity contribution in [2.75, 3.05) is 19.8 Å². The van der Waals surface area contributed by atoms with Crippen molar-refractivity contribution in [2.45, 2.75) is 45.8 Å². The number of hydrogen-bond donors (Lipinski definition) is 0. The van der Waals surface area contributed by atoms with Gasteiger partial charge in [-0.2, -0.15) is 0 Å². The topological polar surface area (TPSA) is 69.0 Å². The van der Waals surface area contributed by atoms with Crippen LogP contribution in [0.1, 0.15) is 61.3 Å². The van der Waals surface area contributed by atoms with Gasteiger partial charge in [-0.3, -0.25) is 9.59 Å². The second-order valence-electron chi connectivity index (χ2n) is 8.41. The minimum Gasteiger partial charge on any atom is -0.494 e. The predicted molar refractivity (Wildman–Crippen MR) is 123 cm³/mol. The molecular weight excluding hydrogens is 425 g/mol. The van der Waals surface area contributed by atoms with Crippen LogP contribution in [0.4, 0.5) is 4.39 Å². The molecule has 1 atom stereocenters. The van der Waals surface area contributed by atoms with Crippen molar-refractivity contribution in [2.24, 2.45) is 0 Å². The summed E-state index contributed by atoms with van der Waals surface area (Å²) in [6, 6.07) is 10.5. The Balaban J connectivity index is 1.76. The van der Waals surface area contributed by atoms with Crippen LogP contribution in [-0.4, -0.2) is 36.7 Å². The molecule has 0 fully saturated rings. The SMILES string of the molecule is CCCOc1ccc([C@@H]2c3c(oc4ccc(F)cc4c3=O)C(=O)N2CCCOC(C)C)cc1. The standard InChI is InChI=1S/C26H28FNO5/c1-4-13-32-19-9-6-17(7-10-19)23-22-24(29)20-15-18(27)8-11-21(20)33-25(22)26(30)28(23)12-5-14-31-16(2)3/h6-11,15-16,23H,4-5,12-14H2,1-3H3/t23-/m1/s1. The van der Waals surface area contributed by atoms with E-state index >= 15 is 0 Å². The number of hydrogen-bond acceptors (Lipinski definition) is 5. The molecule has 0 unspecified atom stereocenters. The quantitative estimate of drug-likeness (QED) is 0.423. The van der Waals surface area contributed by atoms with E-state index in [0.29, 0.717) is 26.2 Å². The summed E-state index contributed by atoms with van der Waals surface area (Å²) in [6.07, 6.45) is 1.59. The van der Waals surface area contributed by atoms with Gasteiger partial charge in [-0.25, -0.2) is 4.39 Å². The molecule has 174 valence electrons. The van der Waals surface area contributed by atoms with Gasteiger partial charge in [0.2, 0.25) is 5.76 Å². The van der Waals surface area contributed by atoms with Gasteiger partial charge in [-0.15, -0.1) is 0 Å². The first kappa shape index (κ1) is 23.0. The summed E-state index contributed by atoms with van der Waals surface area (Å²) < 4.78 is 31.0. The van der Waals surface area contributed by atoms with Crippen molar-refractivity contribution < 1.29 is 23.1 Å². The molecule has 0 spiro atoms. The van der Waals surface area contributed by atoms with E-state index in [0.717, 1.165) is 23.8 Å². The van der Waals surface area contributed by atoms with Gasteiger partial charge in [0.15, 0.2) is 5.43 Å². The molecule has 4 rings (SSSR count). The Labute approximate surface area is 191 Å². The third kappa shape index (κ3) is 4.64. The highest BCUT2D eigenvalue weighted by Gasteiger charge is 2.42. The number of halogens is 1. The summed E-state index contributed by atoms with van der Waals surface area (Å²) in [6.45, 7) is 7.42. The fourth-order valence-electron chi connectivity index (χ4n) is 4.09. The highest BCUT2D eigenvalue weighted by atomic mass is 19.1. The molecule has 1 aliphatic rings. The van der Waals surface area contributed by atoms with Gasteiger partial charge in [0.25, 0.3) is 5.91 Å². The van der Waals surface area contributed by atoms with Crippen LogP contribution in [0.2, 0.25) is 0 Å². The van der Waals surface area contributed by atoms with Crippen LogP contribution in [0.5, 0.6) is 5.75 Å². The molecule has 6 nitrogen and oxygen atoms in total. The van der Waals surface area contributed by atoms with E-state index in [2.05, 4.69) is 0 Å². The summed E-state index contributed by atoms with van der Waals surface area (Å²) in [7, 11) is 0. The summed E-state index contributed by atoms with van der Waals surface area (Å²) in [4.78, 5) is 28.4. The highest BCUT2D eigenvalue weighted by molar-refractivity contribution is 5.99. The Morgan fingerprint density at radius 1 is 1.09 bits per heavy atom. The zero-order chi connectivity index (χ0) is 23.5. The van der Waals surface area contributed by atoms with Crippen molar-refractivity contribution in [3.8, 4) is 5.75 Å². The van der Waals surface area contributed by atoms with Gasteiger partial charge in [0.05, 0.1) is 29.7 Å². The van der Waals surface area contributed by atoms with E-state index in [1.807, 2.05) is 45.0 Å². The lowest BCUT2D eigenvalue weighted by Gasteiger charge is -2.25. The zero-order valence-corrected chi connectivity index (χ0v) is 19.1. The molecule has 3 aromatic rings. The van der Waals surface area contributed by atoms with Crippen molar-refractivity contribution in [3.63, 3.8) is 0 Å². The lowest BCUT2D eigenvalue weighted by atomic mass is 9.98. The highest BCUT2D eigenvalue weighted by Crippen LogP contribution is 2.38. The first-order valence-corrected chi connectivity index (χ1v) is 11.3. The Morgan fingerprint density at radius 3 is 2.55 bits per heavy atom. The number of amides is 1. The fourth-order valence-corrected chi connectivity index (χ4v) is 4.09. The Kier molecular flexibility index (Phi) is 6.79. The molecule has 0 saturated heterocycles. The first-order valence-electron chi connectivity index (χ1n) is 11.3. The number of nitrogens with zero attached hydrogens (tertiary/aromatic N) is 1. The number of benzene rings is 2. The lowest BCUT2D eigenvalue weighted by Crippen LogP contribution is -2.31. The van der Waals surface area contributed by atoms with Gasteiger partial charge in [0.1, 0.15) is 17.1 Å². The maximum atomic E-state index is 13.9. The second kappa shape index (κ2) is 9.75. The second-order valence-corrected chi connectivity index (χ2v) is 8.41. The molecule has 0 radical (unpaired) electrons. The fraction of sp³-hybridized carbons (Fsp3) is 0.385. The molecule has 0 saturated carbocycles. The van der Waals surface area contributed by atoms with Gasteiger partial charge in [0, 0.05) is 13.2 Å². The molecule has 1 aromatic heterocycles. The van der Waals surface area contributed by atoms with E-state index < -0.39 is 17.3 Å². The van der Waals surface area contributed by atoms with E-state index in [-0.39, 0.29) is 34.3 Å². The normalized spacial score (nSPS) is 15.5. The molecule has 2 aromatic carbocycles. The van der Waals surface area contributed by atoms with E-state index in [9.17, 15) is 14.0 Å². The number of carbonyl (C=O) groups excluding carboxylic acids is 1. The van der Waals surface area contributed by atoms with Crippen LogP contribution >= 0.6 is 0 Å². The molecule has 2 heterocycles. The maximum Gasteiger partial charge on any atom is 0.290 e. The minimum atomic E-state index is -0.629. The number of rotatable bonds is 9. The summed E-state index contributed by atoms with van der Waals surface area (Å²) in [5.41, 5.74) is 0.806. The van der Waals surface area contributed by atoms with Gasteiger partial charge in [-0.05, 0) is 62.6 Å². The van der Waals surface area contributed by atoms with Crippen molar-refractivity contribution in [3.05, 3.63) is 75.4 Å². The summed E-state index contributed by atoms with van der Waals surface area (Å²) in [5, 5.41) is 0.124. The summed E-state index contributed by atoms with van der Waals surface area (Å²) in [5.74, 6) is -0.153. The van der Waals surface area contributed by atoms with E-state index in [1.54, 1.807) is 4.90 Å². The van der Waals surface area contributed by atoms with Crippen LogP contribution < -0.4 is 10.2 Å². The molecule has 0 N–H and O–H groups in total. The minimum absolute atomic E-state index is 0.0141. The van der Waals surface area contributed by atoms with Crippen LogP contribution in [0.15, 0.2) is 51.7 Å². The predicted octanol–water partition coefficient (Wildman–Crippen LogP) is 5.08. The molecule has 0 bridgehead atoms. The van der Waals surface area contributed by atoms with E-state index in [1.165, 1.54) is 12.1 Å². The third-order valence-electron chi connectivity index (χ3n) is 5.59. The summed E-state index contributed by atoms with van der Waals surface area (Å²) >= 11 is 0. The van der Waals surface area contributed by atoms with Crippen LogP contribution in [-0.2, 0) is 4.74 Å². The average molecular weight is 454 g/mol. The number of carbonyl (C=O) groups is 1. The average Bonchev–Trinajstić information content (AvgIpc) is 3.08. The first-order chi connectivity index (χ1) is 15.9. The van der Waals surface area contributed by atoms with Crippen molar-refractivity contribution in [1.82, 2.24) is 4.90 Å². The molecule has 7 heteroatoms. The molecule has 1 aliphatic heterocycles. The monoisotopic (exact) mass is 453 g/mol. The lowest BCUT2D eigenvalue weighted by molar-refractivity contribution is 0.0593. The Hall–Kier alpha value is -3.19. The van der Waals surface area contributed by atoms with Gasteiger partial charge < -0.3 is 18.8 Å². The molecular formula is C26H28FNO5. The van der Waals surface area contributed by atoms with Crippen molar-refractivity contribution in [1.29, 1.82) is 0 Å². The molecule has 1 amide bonds. The van der Waals surface area contributed by atoms with Crippen LogP contribution in [0.3, 0.4) is 0 Å². The van der Waals surface area contributed by atoms with Crippen LogP contribution in [0, 0.1) is 5.82 Å². The molecule has 33 heavy (non-hydrogen) atoms. The third-order valence-corrected chi connectivity index (χ3v) is 5.59. The van der Waals surface area contributed by atoms with Crippen molar-refractivity contribution >= 4 is 16.9 Å². The zero-order valence-electron chi connectivity index (χ0n) is 19.1. The smallest absolute Gasteiger partial charge is 0.290 e. The van der Waals surface area contributed by atoms with E-state index in [4.69, 9.17) is 13.9 Å². The van der Waals surface area contributed by atoms with Gasteiger partial charge >= 0.3 is 0 Å². The van der Waals surface area contributed by atoms with Crippen LogP contribution in [0.25, 0.3) is 11.0 Å². The maximum absolute atomic E-state index is 13.9. The Bertz CT molecular complexity index is 1200.